The van der Waals surface area contributed by atoms with Crippen LogP contribution in [0.15, 0.2) is 48.5 Å². The number of benzene rings is 2. The first-order valence-corrected chi connectivity index (χ1v) is 8.15. The summed E-state index contributed by atoms with van der Waals surface area (Å²) in [5.41, 5.74) is 0.898. The summed E-state index contributed by atoms with van der Waals surface area (Å²) in [4.78, 5) is 0. The van der Waals surface area contributed by atoms with Crippen molar-refractivity contribution in [1.82, 2.24) is 0 Å². The van der Waals surface area contributed by atoms with E-state index in [4.69, 9.17) is 16.3 Å². The summed E-state index contributed by atoms with van der Waals surface area (Å²) in [5, 5.41) is 0.674. The van der Waals surface area contributed by atoms with Gasteiger partial charge in [-0.2, -0.15) is 0 Å². The van der Waals surface area contributed by atoms with E-state index < -0.39 is 5.60 Å². The molecule has 2 aromatic rings. The largest absolute Gasteiger partial charge is 0.365 e. The monoisotopic (exact) mass is 404 g/mol. The predicted octanol–water partition coefficient (Wildman–Crippen LogP) is 5.35. The summed E-state index contributed by atoms with van der Waals surface area (Å²) < 4.78 is 20.6. The van der Waals surface area contributed by atoms with Crippen molar-refractivity contribution in [2.45, 2.75) is 19.1 Å². The van der Waals surface area contributed by atoms with Crippen LogP contribution in [-0.2, 0) is 16.9 Å². The average molecular weight is 405 g/mol. The minimum Gasteiger partial charge on any atom is -0.365 e. The third-order valence-corrected chi connectivity index (χ3v) is 4.84. The molecule has 20 heavy (non-hydrogen) atoms. The Hall–Kier alpha value is -0.650. The Labute approximate surface area is 137 Å². The normalized spacial score (nSPS) is 14.0. The van der Waals surface area contributed by atoms with Crippen LogP contribution < -0.4 is 0 Å². The molecule has 106 valence electrons. The second-order valence-electron chi connectivity index (χ2n) is 4.76. The summed E-state index contributed by atoms with van der Waals surface area (Å²) in [6.45, 7) is 2.30. The number of rotatable bonds is 5. The van der Waals surface area contributed by atoms with E-state index in [-0.39, 0.29) is 5.82 Å². The van der Waals surface area contributed by atoms with Crippen molar-refractivity contribution in [3.8, 4) is 0 Å². The smallest absolute Gasteiger partial charge is 0.129 e. The van der Waals surface area contributed by atoms with E-state index in [2.05, 4.69) is 22.6 Å². The van der Waals surface area contributed by atoms with Crippen LogP contribution in [0.5, 0.6) is 0 Å². The van der Waals surface area contributed by atoms with Gasteiger partial charge >= 0.3 is 0 Å². The fourth-order valence-corrected chi connectivity index (χ4v) is 2.79. The Morgan fingerprint density at radius 3 is 2.60 bits per heavy atom. The van der Waals surface area contributed by atoms with Crippen LogP contribution in [0.2, 0.25) is 5.02 Å². The highest BCUT2D eigenvalue weighted by molar-refractivity contribution is 14.1. The van der Waals surface area contributed by atoms with E-state index in [1.54, 1.807) is 12.1 Å². The van der Waals surface area contributed by atoms with Gasteiger partial charge in [0.25, 0.3) is 0 Å². The molecule has 1 nitrogen and oxygen atoms in total. The van der Waals surface area contributed by atoms with Gasteiger partial charge in [0.1, 0.15) is 11.4 Å². The van der Waals surface area contributed by atoms with Crippen LogP contribution in [0.25, 0.3) is 0 Å². The van der Waals surface area contributed by atoms with E-state index in [1.165, 1.54) is 6.07 Å². The first kappa shape index (κ1) is 15.7. The Morgan fingerprint density at radius 2 is 1.95 bits per heavy atom. The van der Waals surface area contributed by atoms with E-state index >= 15 is 0 Å². The number of hydrogen-bond acceptors (Lipinski definition) is 1. The number of alkyl halides is 1. The molecule has 4 heteroatoms. The van der Waals surface area contributed by atoms with Crippen molar-refractivity contribution >= 4 is 34.2 Å². The Balaban J connectivity index is 2.18. The number of hydrogen-bond donors (Lipinski definition) is 0. The lowest BCUT2D eigenvalue weighted by Crippen LogP contribution is -2.29. The van der Waals surface area contributed by atoms with Crippen LogP contribution >= 0.6 is 34.2 Å². The van der Waals surface area contributed by atoms with Crippen molar-refractivity contribution in [2.24, 2.45) is 0 Å². The Bertz CT molecular complexity index is 590. The van der Waals surface area contributed by atoms with Gasteiger partial charge in [-0.25, -0.2) is 4.39 Å². The third kappa shape index (κ3) is 3.71. The van der Waals surface area contributed by atoms with Gasteiger partial charge in [0.15, 0.2) is 0 Å². The molecule has 1 unspecified atom stereocenters. The first-order chi connectivity index (χ1) is 9.55. The van der Waals surface area contributed by atoms with Gasteiger partial charge < -0.3 is 4.74 Å². The molecular weight excluding hydrogens is 390 g/mol. The third-order valence-electron chi connectivity index (χ3n) is 3.15. The van der Waals surface area contributed by atoms with E-state index in [0.717, 1.165) is 5.56 Å². The molecule has 2 rings (SSSR count). The van der Waals surface area contributed by atoms with Gasteiger partial charge in [-0.05, 0) is 30.7 Å². The van der Waals surface area contributed by atoms with Crippen LogP contribution in [0, 0.1) is 5.82 Å². The molecule has 0 aromatic heterocycles. The van der Waals surface area contributed by atoms with Crippen molar-refractivity contribution in [3.05, 3.63) is 70.5 Å². The molecule has 0 heterocycles. The lowest BCUT2D eigenvalue weighted by Gasteiger charge is -2.29. The number of ether oxygens (including phenoxy) is 1. The Kier molecular flexibility index (Phi) is 5.41. The average Bonchev–Trinajstić information content (AvgIpc) is 2.45. The maximum absolute atomic E-state index is 14.0. The molecule has 0 bridgehead atoms. The molecular formula is C16H15ClFIO. The SMILES string of the molecule is CC(CI)(OCc1cccc(Cl)c1)c1ccccc1F. The molecule has 0 N–H and O–H groups in total. The van der Waals surface area contributed by atoms with Gasteiger partial charge in [-0.3, -0.25) is 0 Å². The molecule has 0 aliphatic rings. The highest BCUT2D eigenvalue weighted by atomic mass is 127. The molecule has 0 spiro atoms. The summed E-state index contributed by atoms with van der Waals surface area (Å²) >= 11 is 8.17. The fourth-order valence-electron chi connectivity index (χ4n) is 1.95. The zero-order valence-corrected chi connectivity index (χ0v) is 14.0. The molecule has 0 aliphatic carbocycles. The van der Waals surface area contributed by atoms with Crippen LogP contribution in [0.3, 0.4) is 0 Å². The molecule has 0 aliphatic heterocycles. The lowest BCUT2D eigenvalue weighted by atomic mass is 9.97. The molecule has 0 radical (unpaired) electrons. The molecule has 0 saturated carbocycles. The molecule has 0 saturated heterocycles. The Morgan fingerprint density at radius 1 is 1.20 bits per heavy atom. The zero-order chi connectivity index (χ0) is 14.6. The minimum absolute atomic E-state index is 0.238. The molecule has 0 amide bonds. The standard InChI is InChI=1S/C16H15ClFIO/c1-16(11-19,14-7-2-3-8-15(14)18)20-10-12-5-4-6-13(17)9-12/h2-9H,10-11H2,1H3. The highest BCUT2D eigenvalue weighted by Crippen LogP contribution is 2.31. The van der Waals surface area contributed by atoms with Gasteiger partial charge in [-0.1, -0.05) is 64.5 Å². The van der Waals surface area contributed by atoms with Crippen LogP contribution in [-0.4, -0.2) is 4.43 Å². The summed E-state index contributed by atoms with van der Waals surface area (Å²) in [6, 6.07) is 14.2. The zero-order valence-electron chi connectivity index (χ0n) is 11.1. The number of halogens is 3. The highest BCUT2D eigenvalue weighted by Gasteiger charge is 2.29. The van der Waals surface area contributed by atoms with Gasteiger partial charge in [0.2, 0.25) is 0 Å². The second-order valence-corrected chi connectivity index (χ2v) is 5.96. The van der Waals surface area contributed by atoms with Gasteiger partial charge in [0.05, 0.1) is 6.61 Å². The van der Waals surface area contributed by atoms with E-state index in [1.807, 2.05) is 37.3 Å². The summed E-state index contributed by atoms with van der Waals surface area (Å²) in [7, 11) is 0. The van der Waals surface area contributed by atoms with Gasteiger partial charge in [-0.15, -0.1) is 0 Å². The lowest BCUT2D eigenvalue weighted by molar-refractivity contribution is -0.0298. The van der Waals surface area contributed by atoms with Crippen molar-refractivity contribution < 1.29 is 9.13 Å². The second kappa shape index (κ2) is 6.87. The molecule has 1 atom stereocenters. The van der Waals surface area contributed by atoms with Crippen molar-refractivity contribution in [1.29, 1.82) is 0 Å². The maximum Gasteiger partial charge on any atom is 0.129 e. The molecule has 0 fully saturated rings. The van der Waals surface area contributed by atoms with Crippen LogP contribution in [0.1, 0.15) is 18.1 Å². The summed E-state index contributed by atoms with van der Waals surface area (Å²) in [6.07, 6.45) is 0. The minimum atomic E-state index is -0.659. The van der Waals surface area contributed by atoms with Crippen LogP contribution in [0.4, 0.5) is 4.39 Å². The van der Waals surface area contributed by atoms with Gasteiger partial charge in [0, 0.05) is 15.0 Å². The van der Waals surface area contributed by atoms with E-state index in [0.29, 0.717) is 21.6 Å². The first-order valence-electron chi connectivity index (χ1n) is 6.24. The predicted molar refractivity (Wildman–Crippen MR) is 88.9 cm³/mol. The molecule has 2 aromatic carbocycles. The van der Waals surface area contributed by atoms with E-state index in [9.17, 15) is 4.39 Å². The van der Waals surface area contributed by atoms with Crippen molar-refractivity contribution in [3.63, 3.8) is 0 Å². The fraction of sp³-hybridized carbons (Fsp3) is 0.250. The quantitative estimate of drug-likeness (QED) is 0.482. The van der Waals surface area contributed by atoms with Crippen molar-refractivity contribution in [2.75, 3.05) is 4.43 Å². The maximum atomic E-state index is 14.0. The summed E-state index contributed by atoms with van der Waals surface area (Å²) in [5.74, 6) is -0.238. The topological polar surface area (TPSA) is 9.23 Å².